The summed E-state index contributed by atoms with van der Waals surface area (Å²) in [4.78, 5) is 38.9. The third kappa shape index (κ3) is 1.96. The number of ketones is 2. The van der Waals surface area contributed by atoms with Gasteiger partial charge in [-0.2, -0.15) is 0 Å². The van der Waals surface area contributed by atoms with E-state index in [9.17, 15) is 14.4 Å². The van der Waals surface area contributed by atoms with Crippen LogP contribution in [0.2, 0.25) is 0 Å². The van der Waals surface area contributed by atoms with Crippen LogP contribution in [0.25, 0.3) is 10.9 Å². The lowest BCUT2D eigenvalue weighted by Crippen LogP contribution is -2.34. The van der Waals surface area contributed by atoms with Gasteiger partial charge >= 0.3 is 5.97 Å². The van der Waals surface area contributed by atoms with Gasteiger partial charge in [-0.1, -0.05) is 18.2 Å². The number of carbonyl (C=O) groups excluding carboxylic acids is 3. The zero-order valence-corrected chi connectivity index (χ0v) is 11.9. The topological polar surface area (TPSA) is 76.2 Å². The molecular weight excluding hydrogens is 270 g/mol. The van der Waals surface area contributed by atoms with Gasteiger partial charge in [0.05, 0.1) is 18.7 Å². The number of rotatable bonds is 2. The lowest BCUT2D eigenvalue weighted by atomic mass is 9.83. The Hall–Kier alpha value is -2.43. The highest BCUT2D eigenvalue weighted by Gasteiger charge is 2.38. The van der Waals surface area contributed by atoms with Crippen LogP contribution in [0, 0.1) is 12.8 Å². The summed E-state index contributed by atoms with van der Waals surface area (Å²) in [6.07, 6.45) is 0.943. The number of H-pyrrole nitrogens is 1. The maximum absolute atomic E-state index is 12.5. The third-order valence-electron chi connectivity index (χ3n) is 4.10. The zero-order valence-electron chi connectivity index (χ0n) is 11.9. The first-order chi connectivity index (χ1) is 10.0. The van der Waals surface area contributed by atoms with Crippen molar-refractivity contribution >= 4 is 28.4 Å². The van der Waals surface area contributed by atoms with E-state index in [1.54, 1.807) is 0 Å². The summed E-state index contributed by atoms with van der Waals surface area (Å²) in [7, 11) is 1.14. The highest BCUT2D eigenvalue weighted by molar-refractivity contribution is 6.39. The first-order valence-corrected chi connectivity index (χ1v) is 6.81. The average molecular weight is 285 g/mol. The standard InChI is InChI=1S/C16H15NO4/c1-8-4-3-5-9-10-6-7-11(15(19)16(20)21-2)14(18)13(10)17-12(8)9/h3-5,11,17H,6-7H2,1-2H3. The van der Waals surface area contributed by atoms with Crippen molar-refractivity contribution in [2.45, 2.75) is 19.8 Å². The molecule has 0 amide bonds. The predicted molar refractivity (Wildman–Crippen MR) is 76.2 cm³/mol. The van der Waals surface area contributed by atoms with Gasteiger partial charge in [-0.15, -0.1) is 0 Å². The SMILES string of the molecule is COC(=O)C(=O)C1CCc2c([nH]c3c(C)cccc23)C1=O. The number of hydrogen-bond donors (Lipinski definition) is 1. The fraction of sp³-hybridized carbons (Fsp3) is 0.312. The number of hydrogen-bond acceptors (Lipinski definition) is 4. The fourth-order valence-corrected chi connectivity index (χ4v) is 2.98. The van der Waals surface area contributed by atoms with Crippen molar-refractivity contribution in [1.29, 1.82) is 0 Å². The molecule has 108 valence electrons. The van der Waals surface area contributed by atoms with Crippen molar-refractivity contribution in [2.75, 3.05) is 7.11 Å². The maximum atomic E-state index is 12.5. The van der Waals surface area contributed by atoms with Crippen LogP contribution >= 0.6 is 0 Å². The Morgan fingerprint density at radius 2 is 2.10 bits per heavy atom. The van der Waals surface area contributed by atoms with Gasteiger partial charge in [-0.3, -0.25) is 9.59 Å². The van der Waals surface area contributed by atoms with Crippen molar-refractivity contribution in [3.8, 4) is 0 Å². The van der Waals surface area contributed by atoms with E-state index in [0.29, 0.717) is 18.5 Å². The normalized spacial score (nSPS) is 17.6. The van der Waals surface area contributed by atoms with Crippen LogP contribution in [-0.2, 0) is 20.7 Å². The molecule has 1 unspecified atom stereocenters. The molecule has 1 aromatic carbocycles. The Morgan fingerprint density at radius 3 is 2.81 bits per heavy atom. The second-order valence-corrected chi connectivity index (χ2v) is 5.29. The van der Waals surface area contributed by atoms with Crippen molar-refractivity contribution in [3.63, 3.8) is 0 Å². The molecule has 0 fully saturated rings. The number of carbonyl (C=O) groups is 3. The van der Waals surface area contributed by atoms with Crippen LogP contribution in [0.5, 0.6) is 0 Å². The number of para-hydroxylation sites is 1. The minimum absolute atomic E-state index is 0.317. The minimum Gasteiger partial charge on any atom is -0.463 e. The molecule has 2 aromatic rings. The van der Waals surface area contributed by atoms with E-state index in [-0.39, 0.29) is 5.78 Å². The molecule has 1 atom stereocenters. The molecule has 0 saturated heterocycles. The molecule has 0 aliphatic heterocycles. The fourth-order valence-electron chi connectivity index (χ4n) is 2.98. The number of nitrogens with one attached hydrogen (secondary N) is 1. The summed E-state index contributed by atoms with van der Waals surface area (Å²) in [6, 6.07) is 5.88. The highest BCUT2D eigenvalue weighted by Crippen LogP contribution is 2.33. The Bertz CT molecular complexity index is 772. The van der Waals surface area contributed by atoms with E-state index in [0.717, 1.165) is 29.1 Å². The van der Waals surface area contributed by atoms with Crippen molar-refractivity contribution < 1.29 is 19.1 Å². The van der Waals surface area contributed by atoms with Crippen LogP contribution in [-0.4, -0.2) is 29.6 Å². The van der Waals surface area contributed by atoms with Gasteiger partial charge in [0.1, 0.15) is 0 Å². The van der Waals surface area contributed by atoms with E-state index in [1.807, 2.05) is 25.1 Å². The average Bonchev–Trinajstić information content (AvgIpc) is 2.87. The second-order valence-electron chi connectivity index (χ2n) is 5.29. The first-order valence-electron chi connectivity index (χ1n) is 6.81. The zero-order chi connectivity index (χ0) is 15.1. The summed E-state index contributed by atoms with van der Waals surface area (Å²) in [5, 5.41) is 1.02. The summed E-state index contributed by atoms with van der Waals surface area (Å²) in [5.74, 6) is -2.96. The quantitative estimate of drug-likeness (QED) is 0.520. The molecule has 5 nitrogen and oxygen atoms in total. The Kier molecular flexibility index (Phi) is 3.12. The minimum atomic E-state index is -0.955. The highest BCUT2D eigenvalue weighted by atomic mass is 16.5. The molecule has 0 saturated carbocycles. The summed E-state index contributed by atoms with van der Waals surface area (Å²) >= 11 is 0. The van der Waals surface area contributed by atoms with E-state index < -0.39 is 17.7 Å². The van der Waals surface area contributed by atoms with Gasteiger partial charge in [0.15, 0.2) is 5.78 Å². The molecule has 1 N–H and O–H groups in total. The number of Topliss-reactive ketones (excluding diaryl/α,β-unsaturated/α-hetero) is 2. The molecule has 5 heteroatoms. The monoisotopic (exact) mass is 285 g/mol. The number of aromatic nitrogens is 1. The van der Waals surface area contributed by atoms with Crippen LogP contribution in [0.4, 0.5) is 0 Å². The van der Waals surface area contributed by atoms with Crippen LogP contribution < -0.4 is 0 Å². The lowest BCUT2D eigenvalue weighted by molar-refractivity contribution is -0.153. The Labute approximate surface area is 121 Å². The van der Waals surface area contributed by atoms with Crippen molar-refractivity contribution in [3.05, 3.63) is 35.0 Å². The molecule has 3 rings (SSSR count). The molecule has 1 aliphatic rings. The van der Waals surface area contributed by atoms with Gasteiger partial charge in [0.2, 0.25) is 0 Å². The Balaban J connectivity index is 2.07. The van der Waals surface area contributed by atoms with Gasteiger partial charge in [0, 0.05) is 10.9 Å². The molecule has 21 heavy (non-hydrogen) atoms. The number of benzene rings is 1. The maximum Gasteiger partial charge on any atom is 0.375 e. The molecule has 1 aliphatic carbocycles. The molecule has 0 spiro atoms. The summed E-state index contributed by atoms with van der Waals surface area (Å²) < 4.78 is 4.43. The summed E-state index contributed by atoms with van der Waals surface area (Å²) in [5.41, 5.74) is 3.35. The molecule has 0 bridgehead atoms. The van der Waals surface area contributed by atoms with Crippen LogP contribution in [0.15, 0.2) is 18.2 Å². The number of methoxy groups -OCH3 is 1. The number of ether oxygens (including phenoxy) is 1. The smallest absolute Gasteiger partial charge is 0.375 e. The molecule has 1 aromatic heterocycles. The van der Waals surface area contributed by atoms with Crippen molar-refractivity contribution in [2.24, 2.45) is 5.92 Å². The number of aromatic amines is 1. The van der Waals surface area contributed by atoms with E-state index in [1.165, 1.54) is 0 Å². The summed E-state index contributed by atoms with van der Waals surface area (Å²) in [6.45, 7) is 1.96. The lowest BCUT2D eigenvalue weighted by Gasteiger charge is -2.18. The number of esters is 1. The molecule has 1 heterocycles. The first kappa shape index (κ1) is 13.5. The van der Waals surface area contributed by atoms with Crippen LogP contribution in [0.3, 0.4) is 0 Å². The van der Waals surface area contributed by atoms with Crippen LogP contribution in [0.1, 0.15) is 28.0 Å². The van der Waals surface area contributed by atoms with E-state index in [4.69, 9.17) is 0 Å². The largest absolute Gasteiger partial charge is 0.463 e. The second kappa shape index (κ2) is 4.84. The number of fused-ring (bicyclic) bond motifs is 3. The molecular formula is C16H15NO4. The predicted octanol–water partition coefficient (Wildman–Crippen LogP) is 1.96. The van der Waals surface area contributed by atoms with Crippen molar-refractivity contribution in [1.82, 2.24) is 4.98 Å². The van der Waals surface area contributed by atoms with Gasteiger partial charge in [-0.05, 0) is 30.9 Å². The van der Waals surface area contributed by atoms with Gasteiger partial charge in [0.25, 0.3) is 5.78 Å². The van der Waals surface area contributed by atoms with E-state index in [2.05, 4.69) is 9.72 Å². The third-order valence-corrected chi connectivity index (χ3v) is 4.10. The van der Waals surface area contributed by atoms with Gasteiger partial charge < -0.3 is 9.72 Å². The molecule has 0 radical (unpaired) electrons. The van der Waals surface area contributed by atoms with Gasteiger partial charge in [-0.25, -0.2) is 4.79 Å². The van der Waals surface area contributed by atoms with E-state index >= 15 is 0 Å². The number of aryl methyl sites for hydroxylation is 2. The Morgan fingerprint density at radius 1 is 1.33 bits per heavy atom.